The molecule has 0 aliphatic heterocycles. The zero-order valence-corrected chi connectivity index (χ0v) is 8.78. The van der Waals surface area contributed by atoms with Crippen LogP contribution in [0.15, 0.2) is 5.11 Å². The van der Waals surface area contributed by atoms with Crippen LogP contribution in [0.4, 0.5) is 0 Å². The van der Waals surface area contributed by atoms with Crippen LogP contribution in [0.1, 0.15) is 6.42 Å². The van der Waals surface area contributed by atoms with Gasteiger partial charge < -0.3 is 8.85 Å². The zero-order valence-electron chi connectivity index (χ0n) is 7.78. The second-order valence-corrected chi connectivity index (χ2v) is 6.18. The van der Waals surface area contributed by atoms with Gasteiger partial charge in [0.05, 0.1) is 0 Å². The van der Waals surface area contributed by atoms with Crippen molar-refractivity contribution in [1.82, 2.24) is 0 Å². The maximum Gasteiger partial charge on any atom is 0.334 e. The highest BCUT2D eigenvalue weighted by Gasteiger charge is 2.27. The lowest BCUT2D eigenvalue weighted by atomic mass is 10.5. The van der Waals surface area contributed by atoms with E-state index in [0.29, 0.717) is 6.54 Å². The molecule has 0 amide bonds. The van der Waals surface area contributed by atoms with Gasteiger partial charge >= 0.3 is 8.56 Å². The van der Waals surface area contributed by atoms with Crippen LogP contribution >= 0.6 is 0 Å². The molecule has 0 saturated heterocycles. The fourth-order valence-corrected chi connectivity index (χ4v) is 2.18. The summed E-state index contributed by atoms with van der Waals surface area (Å²) in [6.07, 6.45) is 0.828. The minimum Gasteiger partial charge on any atom is -0.398 e. The van der Waals surface area contributed by atoms with Gasteiger partial charge in [-0.15, -0.1) is 0 Å². The van der Waals surface area contributed by atoms with Gasteiger partial charge in [-0.2, -0.15) is 0 Å². The van der Waals surface area contributed by atoms with E-state index in [1.165, 1.54) is 0 Å². The van der Waals surface area contributed by atoms with Crippen LogP contribution in [-0.2, 0) is 8.85 Å². The Morgan fingerprint density at radius 2 is 2.00 bits per heavy atom. The molecule has 0 aromatic carbocycles. The van der Waals surface area contributed by atoms with Crippen molar-refractivity contribution in [1.29, 1.82) is 0 Å². The highest BCUT2D eigenvalue weighted by atomic mass is 28.4. The summed E-state index contributed by atoms with van der Waals surface area (Å²) in [5, 5.41) is 3.44. The van der Waals surface area contributed by atoms with Gasteiger partial charge in [0.15, 0.2) is 0 Å². The van der Waals surface area contributed by atoms with Crippen LogP contribution in [0.2, 0.25) is 12.6 Å². The Balaban J connectivity index is 3.65. The maximum absolute atomic E-state index is 8.02. The smallest absolute Gasteiger partial charge is 0.334 e. The summed E-state index contributed by atoms with van der Waals surface area (Å²) in [7, 11) is 1.38. The fourth-order valence-electron chi connectivity index (χ4n) is 0.803. The summed E-state index contributed by atoms with van der Waals surface area (Å²) in [5.74, 6) is 0. The quantitative estimate of drug-likeness (QED) is 0.211. The Bertz CT molecular complexity index is 166. The average Bonchev–Trinajstić information content (AvgIpc) is 2.12. The molecule has 12 heavy (non-hydrogen) atoms. The molecule has 0 bridgehead atoms. The molecule has 0 aliphatic carbocycles. The SMILES string of the molecule is CO[Si](C)(CCCN=[N+]=[N-])OC. The van der Waals surface area contributed by atoms with Gasteiger partial charge in [0, 0.05) is 25.7 Å². The molecule has 0 radical (unpaired) electrons. The molecule has 5 nitrogen and oxygen atoms in total. The number of hydrogen-bond donors (Lipinski definition) is 0. The van der Waals surface area contributed by atoms with Crippen molar-refractivity contribution in [3.63, 3.8) is 0 Å². The molecule has 70 valence electrons. The Morgan fingerprint density at radius 1 is 1.42 bits per heavy atom. The summed E-state index contributed by atoms with van der Waals surface area (Å²) in [5.41, 5.74) is 8.02. The monoisotopic (exact) mass is 189 g/mol. The van der Waals surface area contributed by atoms with Gasteiger partial charge in [0.2, 0.25) is 0 Å². The van der Waals surface area contributed by atoms with Crippen molar-refractivity contribution in [3.8, 4) is 0 Å². The molecule has 0 aromatic heterocycles. The third-order valence-corrected chi connectivity index (χ3v) is 4.80. The zero-order chi connectivity index (χ0) is 9.45. The van der Waals surface area contributed by atoms with Crippen molar-refractivity contribution < 1.29 is 8.85 Å². The fraction of sp³-hybridized carbons (Fsp3) is 1.00. The minimum absolute atomic E-state index is 0.520. The van der Waals surface area contributed by atoms with Gasteiger partial charge in [-0.25, -0.2) is 0 Å². The molecule has 0 atom stereocenters. The first kappa shape index (κ1) is 11.4. The van der Waals surface area contributed by atoms with Crippen LogP contribution in [0.5, 0.6) is 0 Å². The van der Waals surface area contributed by atoms with Gasteiger partial charge in [-0.05, 0) is 24.5 Å². The average molecular weight is 189 g/mol. The summed E-state index contributed by atoms with van der Waals surface area (Å²) >= 11 is 0. The molecule has 0 heterocycles. The molecule has 0 fully saturated rings. The van der Waals surface area contributed by atoms with Crippen LogP contribution in [0, 0.1) is 0 Å². The lowest BCUT2D eigenvalue weighted by molar-refractivity contribution is 0.249. The largest absolute Gasteiger partial charge is 0.398 e. The molecule has 0 unspecified atom stereocenters. The highest BCUT2D eigenvalue weighted by molar-refractivity contribution is 6.65. The lowest BCUT2D eigenvalue weighted by Crippen LogP contribution is -2.35. The number of rotatable bonds is 6. The van der Waals surface area contributed by atoms with E-state index >= 15 is 0 Å². The summed E-state index contributed by atoms with van der Waals surface area (Å²) in [4.78, 5) is 2.67. The molecule has 0 N–H and O–H groups in total. The Labute approximate surface area is 73.6 Å². The Morgan fingerprint density at radius 3 is 2.42 bits per heavy atom. The van der Waals surface area contributed by atoms with Crippen molar-refractivity contribution in [2.45, 2.75) is 19.0 Å². The number of nitrogens with zero attached hydrogens (tertiary/aromatic N) is 3. The third kappa shape index (κ3) is 4.35. The third-order valence-electron chi connectivity index (χ3n) is 1.82. The molecule has 0 aliphatic rings. The summed E-state index contributed by atoms with van der Waals surface area (Å²) in [6, 6.07) is 0.860. The van der Waals surface area contributed by atoms with Gasteiger partial charge in [0.1, 0.15) is 0 Å². The summed E-state index contributed by atoms with van der Waals surface area (Å²) in [6.45, 7) is 2.51. The molecule has 0 rings (SSSR count). The van der Waals surface area contributed by atoms with Crippen molar-refractivity contribution in [2.75, 3.05) is 20.8 Å². The molecular weight excluding hydrogens is 174 g/mol. The topological polar surface area (TPSA) is 67.2 Å². The number of azide groups is 1. The van der Waals surface area contributed by atoms with Gasteiger partial charge in [0.25, 0.3) is 0 Å². The molecule has 0 spiro atoms. The van der Waals surface area contributed by atoms with Crippen molar-refractivity contribution in [2.24, 2.45) is 5.11 Å². The predicted octanol–water partition coefficient (Wildman–Crippen LogP) is 2.05. The van der Waals surface area contributed by atoms with Crippen LogP contribution in [0.3, 0.4) is 0 Å². The minimum atomic E-state index is -1.93. The van der Waals surface area contributed by atoms with Crippen LogP contribution < -0.4 is 0 Å². The van der Waals surface area contributed by atoms with E-state index in [9.17, 15) is 0 Å². The number of hydrogen-bond acceptors (Lipinski definition) is 3. The van der Waals surface area contributed by atoms with E-state index in [-0.39, 0.29) is 0 Å². The molecule has 6 heteroatoms. The van der Waals surface area contributed by atoms with Crippen molar-refractivity contribution in [3.05, 3.63) is 10.4 Å². The van der Waals surface area contributed by atoms with Gasteiger partial charge in [-0.3, -0.25) is 0 Å². The van der Waals surface area contributed by atoms with Crippen molar-refractivity contribution >= 4 is 8.56 Å². The maximum atomic E-state index is 8.02. The summed E-state index contributed by atoms with van der Waals surface area (Å²) < 4.78 is 10.5. The second kappa shape index (κ2) is 6.02. The van der Waals surface area contributed by atoms with E-state index in [4.69, 9.17) is 14.4 Å². The van der Waals surface area contributed by atoms with Gasteiger partial charge in [-0.1, -0.05) is 5.11 Å². The molecular formula is C6H15N3O2Si. The predicted molar refractivity (Wildman–Crippen MR) is 49.1 cm³/mol. The molecule has 0 aromatic rings. The van der Waals surface area contributed by atoms with E-state index in [0.717, 1.165) is 12.5 Å². The Kier molecular flexibility index (Phi) is 5.74. The Hall–Kier alpha value is -0.553. The van der Waals surface area contributed by atoms with Crippen LogP contribution in [-0.4, -0.2) is 29.3 Å². The first-order valence-corrected chi connectivity index (χ1v) is 6.32. The first-order chi connectivity index (χ1) is 5.68. The van der Waals surface area contributed by atoms with E-state index in [1.807, 2.05) is 6.55 Å². The highest BCUT2D eigenvalue weighted by Crippen LogP contribution is 2.13. The molecule has 0 saturated carbocycles. The van der Waals surface area contributed by atoms with E-state index < -0.39 is 8.56 Å². The van der Waals surface area contributed by atoms with E-state index in [2.05, 4.69) is 10.0 Å². The second-order valence-electron chi connectivity index (χ2n) is 2.60. The van der Waals surface area contributed by atoms with E-state index in [1.54, 1.807) is 14.2 Å². The van der Waals surface area contributed by atoms with Crippen LogP contribution in [0.25, 0.3) is 10.4 Å². The first-order valence-electron chi connectivity index (χ1n) is 3.79. The standard InChI is InChI=1S/C6H15N3O2Si/c1-10-12(3,11-2)6-4-5-8-9-7/h4-6H2,1-3H3. The lowest BCUT2D eigenvalue weighted by Gasteiger charge is -2.21. The normalized spacial score (nSPS) is 10.9.